The number of aryl methyl sites for hydroxylation is 2. The van der Waals surface area contributed by atoms with Crippen molar-refractivity contribution in [3.8, 4) is 17.4 Å². The molecular formula is C27H35N7O4. The molecule has 0 spiro atoms. The van der Waals surface area contributed by atoms with Crippen molar-refractivity contribution in [2.24, 2.45) is 13.0 Å². The van der Waals surface area contributed by atoms with E-state index in [1.807, 2.05) is 38.1 Å². The first-order valence-electron chi connectivity index (χ1n) is 13.0. The number of carbonyl (C=O) groups excluding carboxylic acids is 1. The molecular weight excluding hydrogens is 486 g/mol. The molecule has 2 N–H and O–H groups in total. The number of aromatic nitrogens is 6. The maximum absolute atomic E-state index is 13.0. The SMILES string of the molecule is CCCn1c(=O)c2[nH]c(-c3cc(OCC(=O)Nc4ccc(CC(C)C)cc4)nn3C)nc2n(CCC)c1=O. The maximum Gasteiger partial charge on any atom is 0.332 e. The van der Waals surface area contributed by atoms with Crippen molar-refractivity contribution >= 4 is 22.8 Å². The Morgan fingerprint density at radius 3 is 2.42 bits per heavy atom. The van der Waals surface area contributed by atoms with Gasteiger partial charge in [-0.05, 0) is 42.9 Å². The molecule has 0 aliphatic heterocycles. The molecule has 38 heavy (non-hydrogen) atoms. The lowest BCUT2D eigenvalue weighted by molar-refractivity contribution is -0.118. The van der Waals surface area contributed by atoms with Crippen LogP contribution in [-0.2, 0) is 31.4 Å². The lowest BCUT2D eigenvalue weighted by Gasteiger charge is -2.09. The van der Waals surface area contributed by atoms with Crippen LogP contribution in [0.3, 0.4) is 0 Å². The Kier molecular flexibility index (Phi) is 8.13. The highest BCUT2D eigenvalue weighted by atomic mass is 16.5. The van der Waals surface area contributed by atoms with E-state index in [0.717, 1.165) is 12.8 Å². The number of nitrogens with one attached hydrogen (secondary N) is 2. The third kappa shape index (κ3) is 5.71. The van der Waals surface area contributed by atoms with Gasteiger partial charge in [-0.3, -0.25) is 23.4 Å². The molecule has 11 heteroatoms. The second-order valence-electron chi connectivity index (χ2n) is 9.80. The van der Waals surface area contributed by atoms with Crippen LogP contribution in [0.1, 0.15) is 46.1 Å². The first kappa shape index (κ1) is 26.9. The fraction of sp³-hybridized carbons (Fsp3) is 0.444. The number of anilines is 1. The summed E-state index contributed by atoms with van der Waals surface area (Å²) in [6.07, 6.45) is 2.36. The van der Waals surface area contributed by atoms with Crippen molar-refractivity contribution < 1.29 is 9.53 Å². The highest BCUT2D eigenvalue weighted by Gasteiger charge is 2.20. The van der Waals surface area contributed by atoms with Crippen LogP contribution >= 0.6 is 0 Å². The number of rotatable bonds is 11. The topological polar surface area (TPSA) is 129 Å². The van der Waals surface area contributed by atoms with Gasteiger partial charge in [0.1, 0.15) is 11.2 Å². The van der Waals surface area contributed by atoms with Crippen molar-refractivity contribution in [3.63, 3.8) is 0 Å². The van der Waals surface area contributed by atoms with Gasteiger partial charge in [-0.25, -0.2) is 9.78 Å². The summed E-state index contributed by atoms with van der Waals surface area (Å²) < 4.78 is 9.94. The van der Waals surface area contributed by atoms with E-state index < -0.39 is 5.56 Å². The lowest BCUT2D eigenvalue weighted by atomic mass is 10.0. The Morgan fingerprint density at radius 1 is 1.08 bits per heavy atom. The summed E-state index contributed by atoms with van der Waals surface area (Å²) in [6, 6.07) is 9.40. The van der Waals surface area contributed by atoms with Gasteiger partial charge in [0.15, 0.2) is 18.1 Å². The zero-order valence-electron chi connectivity index (χ0n) is 22.6. The summed E-state index contributed by atoms with van der Waals surface area (Å²) in [7, 11) is 1.71. The third-order valence-electron chi connectivity index (χ3n) is 6.09. The number of benzene rings is 1. The second-order valence-corrected chi connectivity index (χ2v) is 9.80. The molecule has 0 saturated heterocycles. The number of aromatic amines is 1. The zero-order chi connectivity index (χ0) is 27.4. The van der Waals surface area contributed by atoms with E-state index in [1.165, 1.54) is 14.7 Å². The van der Waals surface area contributed by atoms with Gasteiger partial charge in [0.05, 0.1) is 0 Å². The van der Waals surface area contributed by atoms with Gasteiger partial charge in [-0.1, -0.05) is 39.8 Å². The minimum absolute atomic E-state index is 0.220. The van der Waals surface area contributed by atoms with Crippen molar-refractivity contribution in [1.29, 1.82) is 0 Å². The van der Waals surface area contributed by atoms with E-state index in [0.29, 0.717) is 48.3 Å². The zero-order valence-corrected chi connectivity index (χ0v) is 22.6. The van der Waals surface area contributed by atoms with E-state index in [4.69, 9.17) is 4.74 Å². The van der Waals surface area contributed by atoms with Crippen LogP contribution in [0.2, 0.25) is 0 Å². The normalized spacial score (nSPS) is 11.4. The average Bonchev–Trinajstić information content (AvgIpc) is 3.48. The quantitative estimate of drug-likeness (QED) is 0.312. The van der Waals surface area contributed by atoms with E-state index in [2.05, 4.69) is 34.2 Å². The Labute approximate surface area is 220 Å². The molecule has 0 aliphatic rings. The minimum atomic E-state index is -0.398. The van der Waals surface area contributed by atoms with Crippen molar-refractivity contribution in [2.75, 3.05) is 11.9 Å². The molecule has 0 radical (unpaired) electrons. The number of nitrogens with zero attached hydrogens (tertiary/aromatic N) is 5. The molecule has 4 rings (SSSR count). The number of carbonyl (C=O) groups is 1. The summed E-state index contributed by atoms with van der Waals surface area (Å²) >= 11 is 0. The Balaban J connectivity index is 1.51. The molecule has 0 bridgehead atoms. The predicted octanol–water partition coefficient (Wildman–Crippen LogP) is 3.32. The molecule has 1 amide bonds. The van der Waals surface area contributed by atoms with Crippen molar-refractivity contribution in [1.82, 2.24) is 28.9 Å². The van der Waals surface area contributed by atoms with E-state index in [1.54, 1.807) is 17.8 Å². The number of amides is 1. The number of hydrogen-bond acceptors (Lipinski definition) is 6. The summed E-state index contributed by atoms with van der Waals surface area (Å²) in [5.74, 6) is 0.872. The van der Waals surface area contributed by atoms with E-state index in [9.17, 15) is 14.4 Å². The summed E-state index contributed by atoms with van der Waals surface area (Å²) in [4.78, 5) is 46.0. The number of fused-ring (bicyclic) bond motifs is 1. The summed E-state index contributed by atoms with van der Waals surface area (Å²) in [5.41, 5.74) is 2.29. The van der Waals surface area contributed by atoms with Crippen molar-refractivity contribution in [2.45, 2.75) is 60.0 Å². The third-order valence-corrected chi connectivity index (χ3v) is 6.09. The van der Waals surface area contributed by atoms with Crippen LogP contribution in [0.25, 0.3) is 22.7 Å². The van der Waals surface area contributed by atoms with Crippen LogP contribution in [0.4, 0.5) is 5.69 Å². The molecule has 3 heterocycles. The maximum atomic E-state index is 13.0. The largest absolute Gasteiger partial charge is 0.466 e. The molecule has 202 valence electrons. The van der Waals surface area contributed by atoms with Gasteiger partial charge in [0.25, 0.3) is 11.5 Å². The second kappa shape index (κ2) is 11.5. The van der Waals surface area contributed by atoms with E-state index in [-0.39, 0.29) is 29.6 Å². The van der Waals surface area contributed by atoms with Crippen LogP contribution < -0.4 is 21.3 Å². The first-order chi connectivity index (χ1) is 18.2. The smallest absolute Gasteiger partial charge is 0.332 e. The molecule has 0 aliphatic carbocycles. The number of ether oxygens (including phenoxy) is 1. The monoisotopic (exact) mass is 521 g/mol. The van der Waals surface area contributed by atoms with Crippen LogP contribution in [0.5, 0.6) is 5.88 Å². The lowest BCUT2D eigenvalue weighted by Crippen LogP contribution is -2.40. The van der Waals surface area contributed by atoms with E-state index >= 15 is 0 Å². The van der Waals surface area contributed by atoms with Crippen molar-refractivity contribution in [3.05, 3.63) is 56.7 Å². The highest BCUT2D eigenvalue weighted by Crippen LogP contribution is 2.22. The first-order valence-corrected chi connectivity index (χ1v) is 13.0. The molecule has 3 aromatic heterocycles. The molecule has 0 fully saturated rings. The number of H-pyrrole nitrogens is 1. The molecule has 1 aromatic carbocycles. The fourth-order valence-electron chi connectivity index (χ4n) is 4.40. The van der Waals surface area contributed by atoms with Gasteiger partial charge in [0.2, 0.25) is 5.88 Å². The predicted molar refractivity (Wildman–Crippen MR) is 147 cm³/mol. The summed E-state index contributed by atoms with van der Waals surface area (Å²) in [5, 5.41) is 7.15. The highest BCUT2D eigenvalue weighted by molar-refractivity contribution is 5.91. The van der Waals surface area contributed by atoms with Crippen LogP contribution in [0.15, 0.2) is 39.9 Å². The number of imidazole rings is 1. The molecule has 0 unspecified atom stereocenters. The van der Waals surface area contributed by atoms with Gasteiger partial charge in [-0.2, -0.15) is 0 Å². The minimum Gasteiger partial charge on any atom is -0.466 e. The van der Waals surface area contributed by atoms with Gasteiger partial charge < -0.3 is 15.0 Å². The Hall–Kier alpha value is -4.15. The van der Waals surface area contributed by atoms with Gasteiger partial charge >= 0.3 is 5.69 Å². The number of hydrogen-bond donors (Lipinski definition) is 2. The Morgan fingerprint density at radius 2 is 1.76 bits per heavy atom. The fourth-order valence-corrected chi connectivity index (χ4v) is 4.40. The Bertz CT molecular complexity index is 1540. The van der Waals surface area contributed by atoms with Gasteiger partial charge in [-0.15, -0.1) is 5.10 Å². The molecule has 0 saturated carbocycles. The average molecular weight is 522 g/mol. The van der Waals surface area contributed by atoms with Crippen LogP contribution in [-0.4, -0.2) is 41.4 Å². The molecule has 11 nitrogen and oxygen atoms in total. The summed E-state index contributed by atoms with van der Waals surface area (Å²) in [6.45, 7) is 8.77. The molecule has 4 aromatic rings. The van der Waals surface area contributed by atoms with Gasteiger partial charge in [0, 0.05) is 31.9 Å². The molecule has 0 atom stereocenters. The standard InChI is InChI=1S/C27H35N7O4/c1-6-12-33-25-23(26(36)34(13-7-2)27(33)37)29-24(30-25)20-15-22(31-32(20)5)38-16-21(35)28-19-10-8-18(9-11-19)14-17(3)4/h8-11,15,17H,6-7,12-14,16H2,1-5H3,(H,28,35)(H,29,30). The van der Waals surface area contributed by atoms with Crippen LogP contribution in [0, 0.1) is 5.92 Å².